The Morgan fingerprint density at radius 1 is 1.33 bits per heavy atom. The molecule has 0 radical (unpaired) electrons. The van der Waals surface area contributed by atoms with E-state index < -0.39 is 18.2 Å². The van der Waals surface area contributed by atoms with Crippen molar-refractivity contribution >= 4 is 5.97 Å². The predicted molar refractivity (Wildman–Crippen MR) is 68.3 cm³/mol. The number of carbonyl (C=O) groups is 1. The maximum atomic E-state index is 11.7. The van der Waals surface area contributed by atoms with Crippen molar-refractivity contribution in [2.45, 2.75) is 31.8 Å². The highest BCUT2D eigenvalue weighted by Gasteiger charge is 2.27. The molecule has 1 atom stereocenters. The molecule has 0 aliphatic heterocycles. The van der Waals surface area contributed by atoms with Gasteiger partial charge in [-0.15, -0.1) is 0 Å². The second kappa shape index (κ2) is 7.13. The monoisotopic (exact) mass is 252 g/mol. The molecule has 4 heteroatoms. The standard InChI is InChI=1S/C14H20O4/c1-2-3-9-14(17,10-15)11-18-13(16)12-7-5-4-6-8-12/h4-8,15,17H,2-3,9-11H2,1H3. The molecule has 0 heterocycles. The zero-order valence-electron chi connectivity index (χ0n) is 10.6. The van der Waals surface area contributed by atoms with Crippen molar-refractivity contribution in [2.75, 3.05) is 13.2 Å². The molecular formula is C14H20O4. The molecule has 1 unspecified atom stereocenters. The van der Waals surface area contributed by atoms with E-state index in [1.165, 1.54) is 0 Å². The van der Waals surface area contributed by atoms with Crippen LogP contribution in [0, 0.1) is 0 Å². The number of benzene rings is 1. The molecule has 0 saturated carbocycles. The topological polar surface area (TPSA) is 66.8 Å². The van der Waals surface area contributed by atoms with Crippen LogP contribution in [0.15, 0.2) is 30.3 Å². The maximum Gasteiger partial charge on any atom is 0.338 e. The molecule has 0 aromatic heterocycles. The molecule has 2 N–H and O–H groups in total. The van der Waals surface area contributed by atoms with Gasteiger partial charge in [0.1, 0.15) is 12.2 Å². The Kier molecular flexibility index (Phi) is 5.82. The van der Waals surface area contributed by atoms with Gasteiger partial charge >= 0.3 is 5.97 Å². The third kappa shape index (κ3) is 4.47. The van der Waals surface area contributed by atoms with E-state index in [0.717, 1.165) is 12.8 Å². The number of rotatable bonds is 7. The zero-order valence-corrected chi connectivity index (χ0v) is 10.6. The summed E-state index contributed by atoms with van der Waals surface area (Å²) in [6, 6.07) is 8.58. The fourth-order valence-electron chi connectivity index (χ4n) is 1.56. The van der Waals surface area contributed by atoms with E-state index >= 15 is 0 Å². The number of unbranched alkanes of at least 4 members (excludes halogenated alkanes) is 1. The van der Waals surface area contributed by atoms with Crippen LogP contribution in [-0.2, 0) is 4.74 Å². The molecule has 100 valence electrons. The van der Waals surface area contributed by atoms with Crippen molar-refractivity contribution < 1.29 is 19.7 Å². The number of aliphatic hydroxyl groups is 2. The first-order valence-corrected chi connectivity index (χ1v) is 6.17. The summed E-state index contributed by atoms with van der Waals surface area (Å²) in [6.07, 6.45) is 2.11. The first kappa shape index (κ1) is 14.7. The minimum atomic E-state index is -1.33. The van der Waals surface area contributed by atoms with Gasteiger partial charge in [0.2, 0.25) is 0 Å². The van der Waals surface area contributed by atoms with Crippen molar-refractivity contribution in [3.05, 3.63) is 35.9 Å². The largest absolute Gasteiger partial charge is 0.459 e. The first-order chi connectivity index (χ1) is 8.61. The van der Waals surface area contributed by atoms with Crippen molar-refractivity contribution in [1.82, 2.24) is 0 Å². The Hall–Kier alpha value is -1.39. The number of ether oxygens (including phenoxy) is 1. The average molecular weight is 252 g/mol. The Morgan fingerprint density at radius 2 is 2.00 bits per heavy atom. The number of aliphatic hydroxyl groups excluding tert-OH is 1. The highest BCUT2D eigenvalue weighted by molar-refractivity contribution is 5.89. The highest BCUT2D eigenvalue weighted by atomic mass is 16.5. The van der Waals surface area contributed by atoms with Crippen LogP contribution in [0.1, 0.15) is 36.5 Å². The highest BCUT2D eigenvalue weighted by Crippen LogP contribution is 2.15. The minimum absolute atomic E-state index is 0.183. The number of esters is 1. The van der Waals surface area contributed by atoms with Gasteiger partial charge in [-0.1, -0.05) is 38.0 Å². The predicted octanol–water partition coefficient (Wildman–Crippen LogP) is 1.76. The van der Waals surface area contributed by atoms with E-state index in [2.05, 4.69) is 0 Å². The lowest BCUT2D eigenvalue weighted by Crippen LogP contribution is -2.39. The van der Waals surface area contributed by atoms with Crippen LogP contribution in [0.5, 0.6) is 0 Å². The van der Waals surface area contributed by atoms with Crippen LogP contribution in [0.4, 0.5) is 0 Å². The lowest BCUT2D eigenvalue weighted by Gasteiger charge is -2.25. The molecule has 0 aliphatic carbocycles. The fraction of sp³-hybridized carbons (Fsp3) is 0.500. The quantitative estimate of drug-likeness (QED) is 0.726. The van der Waals surface area contributed by atoms with Crippen LogP contribution >= 0.6 is 0 Å². The SMILES string of the molecule is CCCCC(O)(CO)COC(=O)c1ccccc1. The molecule has 0 bridgehead atoms. The van der Waals surface area contributed by atoms with E-state index in [1.54, 1.807) is 24.3 Å². The van der Waals surface area contributed by atoms with Crippen LogP contribution in [0.25, 0.3) is 0 Å². The molecule has 0 saturated heterocycles. The molecular weight excluding hydrogens is 232 g/mol. The second-order valence-electron chi connectivity index (χ2n) is 4.43. The molecule has 1 rings (SSSR count). The maximum absolute atomic E-state index is 11.7. The smallest absolute Gasteiger partial charge is 0.338 e. The Labute approximate surface area is 107 Å². The van der Waals surface area contributed by atoms with Crippen molar-refractivity contribution in [1.29, 1.82) is 0 Å². The third-order valence-electron chi connectivity index (χ3n) is 2.77. The summed E-state index contributed by atoms with van der Waals surface area (Å²) in [5.74, 6) is -0.487. The normalized spacial score (nSPS) is 13.9. The summed E-state index contributed by atoms with van der Waals surface area (Å²) in [5, 5.41) is 19.2. The van der Waals surface area contributed by atoms with Crippen LogP contribution in [0.2, 0.25) is 0 Å². The zero-order chi connectivity index (χ0) is 13.4. The van der Waals surface area contributed by atoms with Crippen molar-refractivity contribution in [3.63, 3.8) is 0 Å². The van der Waals surface area contributed by atoms with Gasteiger partial charge in [-0.25, -0.2) is 4.79 Å². The van der Waals surface area contributed by atoms with E-state index in [-0.39, 0.29) is 6.61 Å². The Bertz CT molecular complexity index is 363. The summed E-state index contributed by atoms with van der Waals surface area (Å²) in [4.78, 5) is 11.7. The van der Waals surface area contributed by atoms with E-state index in [0.29, 0.717) is 12.0 Å². The van der Waals surface area contributed by atoms with Gasteiger partial charge in [0.25, 0.3) is 0 Å². The van der Waals surface area contributed by atoms with Gasteiger partial charge in [-0.3, -0.25) is 0 Å². The van der Waals surface area contributed by atoms with E-state index in [4.69, 9.17) is 9.84 Å². The van der Waals surface area contributed by atoms with Gasteiger partial charge in [0, 0.05) is 0 Å². The summed E-state index contributed by atoms with van der Waals surface area (Å²) in [7, 11) is 0. The molecule has 18 heavy (non-hydrogen) atoms. The van der Waals surface area contributed by atoms with Gasteiger partial charge in [0.05, 0.1) is 12.2 Å². The second-order valence-corrected chi connectivity index (χ2v) is 4.43. The molecule has 0 spiro atoms. The Balaban J connectivity index is 2.50. The van der Waals surface area contributed by atoms with Crippen LogP contribution in [0.3, 0.4) is 0 Å². The molecule has 1 aromatic carbocycles. The van der Waals surface area contributed by atoms with E-state index in [1.807, 2.05) is 13.0 Å². The number of hydrogen-bond acceptors (Lipinski definition) is 4. The summed E-state index contributed by atoms with van der Waals surface area (Å²) in [5.41, 5.74) is -0.895. The van der Waals surface area contributed by atoms with Gasteiger partial charge in [-0.2, -0.15) is 0 Å². The third-order valence-corrected chi connectivity index (χ3v) is 2.77. The van der Waals surface area contributed by atoms with Crippen molar-refractivity contribution in [3.8, 4) is 0 Å². The first-order valence-electron chi connectivity index (χ1n) is 6.17. The van der Waals surface area contributed by atoms with Gasteiger partial charge < -0.3 is 14.9 Å². The minimum Gasteiger partial charge on any atom is -0.459 e. The summed E-state index contributed by atoms with van der Waals surface area (Å²) >= 11 is 0. The van der Waals surface area contributed by atoms with Crippen LogP contribution < -0.4 is 0 Å². The summed E-state index contributed by atoms with van der Waals surface area (Å²) < 4.78 is 5.03. The average Bonchev–Trinajstić information content (AvgIpc) is 2.43. The fourth-order valence-corrected chi connectivity index (χ4v) is 1.56. The lowest BCUT2D eigenvalue weighted by molar-refractivity contribution is -0.0694. The van der Waals surface area contributed by atoms with E-state index in [9.17, 15) is 9.90 Å². The molecule has 0 amide bonds. The summed E-state index contributed by atoms with van der Waals surface area (Å²) in [6.45, 7) is 1.40. The van der Waals surface area contributed by atoms with Crippen LogP contribution in [-0.4, -0.2) is 35.0 Å². The Morgan fingerprint density at radius 3 is 2.56 bits per heavy atom. The lowest BCUT2D eigenvalue weighted by atomic mass is 9.99. The van der Waals surface area contributed by atoms with Crippen molar-refractivity contribution in [2.24, 2.45) is 0 Å². The van der Waals surface area contributed by atoms with Gasteiger partial charge in [0.15, 0.2) is 0 Å². The number of hydrogen-bond donors (Lipinski definition) is 2. The molecule has 0 fully saturated rings. The molecule has 1 aromatic rings. The number of carbonyl (C=O) groups excluding carboxylic acids is 1. The molecule has 4 nitrogen and oxygen atoms in total. The molecule has 0 aliphatic rings. The van der Waals surface area contributed by atoms with Gasteiger partial charge in [-0.05, 0) is 18.6 Å².